The van der Waals surface area contributed by atoms with E-state index < -0.39 is 57.9 Å². The fourth-order valence-corrected chi connectivity index (χ4v) is 4.06. The van der Waals surface area contributed by atoms with Gasteiger partial charge >= 0.3 is 5.69 Å². The molecule has 2 N–H and O–H groups in total. The van der Waals surface area contributed by atoms with E-state index in [1.807, 2.05) is 5.92 Å². The van der Waals surface area contributed by atoms with Gasteiger partial charge in [0.2, 0.25) is 5.75 Å². The van der Waals surface area contributed by atoms with Crippen LogP contribution in [0.5, 0.6) is 11.5 Å². The quantitative estimate of drug-likeness (QED) is 0.241. The second kappa shape index (κ2) is 9.12. The Labute approximate surface area is 202 Å². The molecule has 0 amide bonds. The van der Waals surface area contributed by atoms with Crippen molar-refractivity contribution in [1.82, 2.24) is 14.9 Å². The first-order valence-electron chi connectivity index (χ1n) is 10.5. The van der Waals surface area contributed by atoms with Gasteiger partial charge in [0.1, 0.15) is 17.0 Å². The van der Waals surface area contributed by atoms with Crippen LogP contribution in [-0.2, 0) is 0 Å². The number of ether oxygens (including phenoxy) is 2. The summed E-state index contributed by atoms with van der Waals surface area (Å²) in [5.74, 6) is -5.13. The number of terminal acetylenes is 1. The summed E-state index contributed by atoms with van der Waals surface area (Å²) in [7, 11) is 2.68. The molecule has 1 saturated heterocycles. The van der Waals surface area contributed by atoms with Crippen LogP contribution < -0.4 is 15.2 Å². The van der Waals surface area contributed by atoms with Crippen LogP contribution in [0, 0.1) is 34.1 Å². The zero-order valence-corrected chi connectivity index (χ0v) is 19.0. The fraction of sp³-hybridized carbons (Fsp3) is 0.304. The van der Waals surface area contributed by atoms with Crippen LogP contribution in [0.25, 0.3) is 22.3 Å². The Morgan fingerprint density at radius 1 is 1.33 bits per heavy atom. The summed E-state index contributed by atoms with van der Waals surface area (Å²) >= 11 is 0. The van der Waals surface area contributed by atoms with Gasteiger partial charge in [-0.25, -0.2) is 27.5 Å². The molecule has 36 heavy (non-hydrogen) atoms. The molecule has 2 heterocycles. The molecule has 0 bridgehead atoms. The number of alkyl halides is 2. The molecule has 4 rings (SSSR count). The monoisotopic (exact) mass is 505 g/mol. The first-order chi connectivity index (χ1) is 17.0. The highest BCUT2D eigenvalue weighted by molar-refractivity contribution is 6.01. The van der Waals surface area contributed by atoms with Crippen molar-refractivity contribution in [3.63, 3.8) is 0 Å². The number of methoxy groups -OCH3 is 1. The van der Waals surface area contributed by atoms with Crippen LogP contribution in [0.3, 0.4) is 0 Å². The molecule has 1 fully saturated rings. The molecule has 1 aromatic heterocycles. The molecule has 3 aromatic rings. The molecule has 2 aromatic carbocycles. The minimum absolute atomic E-state index is 0.103. The van der Waals surface area contributed by atoms with Crippen molar-refractivity contribution in [2.45, 2.75) is 18.4 Å². The van der Waals surface area contributed by atoms with Crippen LogP contribution in [0.1, 0.15) is 12.0 Å². The lowest BCUT2D eigenvalue weighted by Gasteiger charge is -2.36. The molecule has 0 saturated carbocycles. The standard InChI is InChI=1S/C23H19F4N5O4/c1-4-11-13(24)6-5-12(18(11)25)22-29-14-9-15(35-3)20(19(32(33)34)17(14)21(28)30-22)36-16-7-8-31(2)10-23(16,26)27/h1,5-6,9,16H,7-8,10H2,2-3H3,(H2,28,29,30)/t16-/m0/s1. The van der Waals surface area contributed by atoms with Crippen molar-refractivity contribution in [1.29, 1.82) is 0 Å². The second-order valence-corrected chi connectivity index (χ2v) is 8.16. The third-order valence-electron chi connectivity index (χ3n) is 5.77. The minimum atomic E-state index is -3.30. The third-order valence-corrected chi connectivity index (χ3v) is 5.77. The summed E-state index contributed by atoms with van der Waals surface area (Å²) in [6.45, 7) is -0.319. The zero-order chi connectivity index (χ0) is 26.4. The summed E-state index contributed by atoms with van der Waals surface area (Å²) in [4.78, 5) is 20.7. The topological polar surface area (TPSA) is 117 Å². The molecular formula is C23H19F4N5O4. The van der Waals surface area contributed by atoms with Gasteiger partial charge in [-0.05, 0) is 19.2 Å². The molecule has 1 aliphatic heterocycles. The van der Waals surface area contributed by atoms with Crippen molar-refractivity contribution in [3.05, 3.63) is 45.5 Å². The Kier molecular flexibility index (Phi) is 6.32. The number of nitrogens with two attached hydrogens (primary N) is 1. The third kappa shape index (κ3) is 4.20. The van der Waals surface area contributed by atoms with Crippen LogP contribution in [0.2, 0.25) is 0 Å². The van der Waals surface area contributed by atoms with Crippen LogP contribution in [-0.4, -0.2) is 59.1 Å². The summed E-state index contributed by atoms with van der Waals surface area (Å²) in [6.07, 6.45) is 3.40. The number of rotatable bonds is 5. The first kappa shape index (κ1) is 24.9. The predicted octanol–water partition coefficient (Wildman–Crippen LogP) is 3.77. The largest absolute Gasteiger partial charge is 0.493 e. The van der Waals surface area contributed by atoms with Gasteiger partial charge in [0.25, 0.3) is 5.92 Å². The second-order valence-electron chi connectivity index (χ2n) is 8.16. The zero-order valence-electron chi connectivity index (χ0n) is 19.0. The number of nitro groups is 1. The first-order valence-corrected chi connectivity index (χ1v) is 10.5. The number of hydrogen-bond donors (Lipinski definition) is 1. The van der Waals surface area contributed by atoms with Gasteiger partial charge in [-0.2, -0.15) is 0 Å². The maximum Gasteiger partial charge on any atom is 0.327 e. The average molecular weight is 505 g/mol. The van der Waals surface area contributed by atoms with E-state index in [1.54, 1.807) is 0 Å². The van der Waals surface area contributed by atoms with Crippen molar-refractivity contribution in [3.8, 4) is 35.2 Å². The SMILES string of the molecule is C#Cc1c(F)ccc(-c2nc(N)c3c([N+](=O)[O-])c(O[C@H]4CCN(C)CC4(F)F)c(OC)cc3n2)c1F. The number of aromatic nitrogens is 2. The lowest BCUT2D eigenvalue weighted by Crippen LogP contribution is -2.52. The number of hydrogen-bond acceptors (Lipinski definition) is 8. The number of anilines is 1. The van der Waals surface area contributed by atoms with Crippen molar-refractivity contribution in [2.75, 3.05) is 33.0 Å². The molecule has 1 aliphatic rings. The molecule has 0 aliphatic carbocycles. The van der Waals surface area contributed by atoms with Crippen molar-refractivity contribution in [2.24, 2.45) is 0 Å². The van der Waals surface area contributed by atoms with E-state index in [0.717, 1.165) is 19.2 Å². The fourth-order valence-electron chi connectivity index (χ4n) is 4.06. The number of nitro benzene ring substituents is 1. The van der Waals surface area contributed by atoms with Crippen molar-refractivity contribution < 1.29 is 32.0 Å². The number of nitrogens with zero attached hydrogens (tertiary/aromatic N) is 4. The Morgan fingerprint density at radius 3 is 2.67 bits per heavy atom. The normalized spacial score (nSPS) is 17.5. The Balaban J connectivity index is 1.92. The van der Waals surface area contributed by atoms with E-state index in [9.17, 15) is 27.7 Å². The van der Waals surface area contributed by atoms with Gasteiger partial charge in [0.05, 0.1) is 35.2 Å². The maximum absolute atomic E-state index is 14.8. The van der Waals surface area contributed by atoms with Gasteiger partial charge in [0.15, 0.2) is 23.5 Å². The van der Waals surface area contributed by atoms with E-state index in [4.69, 9.17) is 21.6 Å². The molecule has 9 nitrogen and oxygen atoms in total. The Bertz CT molecular complexity index is 1430. The summed E-state index contributed by atoms with van der Waals surface area (Å²) in [5.41, 5.74) is 4.11. The lowest BCUT2D eigenvalue weighted by molar-refractivity contribution is -0.384. The van der Waals surface area contributed by atoms with Gasteiger partial charge < -0.3 is 20.1 Å². The van der Waals surface area contributed by atoms with Crippen LogP contribution >= 0.6 is 0 Å². The number of piperidine rings is 1. The van der Waals surface area contributed by atoms with Crippen LogP contribution in [0.4, 0.5) is 29.1 Å². The minimum Gasteiger partial charge on any atom is -0.493 e. The number of fused-ring (bicyclic) bond motifs is 1. The van der Waals surface area contributed by atoms with Gasteiger partial charge in [0, 0.05) is 19.0 Å². The number of likely N-dealkylation sites (tertiary alicyclic amines) is 1. The molecule has 188 valence electrons. The maximum atomic E-state index is 14.8. The number of halogens is 4. The van der Waals surface area contributed by atoms with Gasteiger partial charge in [-0.3, -0.25) is 10.1 Å². The number of benzene rings is 2. The summed E-state index contributed by atoms with van der Waals surface area (Å²) in [6, 6.07) is 3.13. The highest BCUT2D eigenvalue weighted by Gasteiger charge is 2.47. The average Bonchev–Trinajstić information content (AvgIpc) is 2.80. The van der Waals surface area contributed by atoms with Gasteiger partial charge in [-0.15, -0.1) is 6.42 Å². The van der Waals surface area contributed by atoms with E-state index >= 15 is 0 Å². The molecule has 0 spiro atoms. The van der Waals surface area contributed by atoms with Gasteiger partial charge in [-0.1, -0.05) is 5.92 Å². The molecule has 1 atom stereocenters. The number of nitrogen functional groups attached to an aromatic ring is 1. The highest BCUT2D eigenvalue weighted by Crippen LogP contribution is 2.47. The molecule has 0 radical (unpaired) electrons. The Morgan fingerprint density at radius 2 is 2.06 bits per heavy atom. The van der Waals surface area contributed by atoms with E-state index in [1.165, 1.54) is 18.0 Å². The highest BCUT2D eigenvalue weighted by atomic mass is 19.3. The summed E-state index contributed by atoms with van der Waals surface area (Å²) in [5, 5.41) is 11.8. The molecular weight excluding hydrogens is 486 g/mol. The summed E-state index contributed by atoms with van der Waals surface area (Å²) < 4.78 is 68.6. The molecule has 13 heteroatoms. The van der Waals surface area contributed by atoms with E-state index in [2.05, 4.69) is 9.97 Å². The lowest BCUT2D eigenvalue weighted by atomic mass is 10.0. The predicted molar refractivity (Wildman–Crippen MR) is 122 cm³/mol. The van der Waals surface area contributed by atoms with Crippen molar-refractivity contribution >= 4 is 22.4 Å². The smallest absolute Gasteiger partial charge is 0.327 e. The van der Waals surface area contributed by atoms with E-state index in [0.29, 0.717) is 0 Å². The van der Waals surface area contributed by atoms with E-state index in [-0.39, 0.29) is 41.0 Å². The van der Waals surface area contributed by atoms with Crippen LogP contribution in [0.15, 0.2) is 18.2 Å². The molecule has 0 unspecified atom stereocenters. The Hall–Kier alpha value is -4.18.